The lowest BCUT2D eigenvalue weighted by Crippen LogP contribution is -2.29. The molecular weight excluding hydrogens is 470 g/mol. The summed E-state index contributed by atoms with van der Waals surface area (Å²) < 4.78 is 16.4. The summed E-state index contributed by atoms with van der Waals surface area (Å²) >= 11 is 0. The molecule has 192 valence electrons. The average Bonchev–Trinajstić information content (AvgIpc) is 3.17. The molecule has 3 aromatic rings. The molecule has 1 amide bonds. The monoisotopic (exact) mass is 501 g/mol. The molecule has 1 aliphatic rings. The van der Waals surface area contributed by atoms with E-state index in [0.717, 1.165) is 23.1 Å². The highest BCUT2D eigenvalue weighted by molar-refractivity contribution is 6.51. The fourth-order valence-electron chi connectivity index (χ4n) is 4.83. The number of anilines is 1. The lowest BCUT2D eigenvalue weighted by Gasteiger charge is -2.26. The Hall–Kier alpha value is -4.26. The number of carbonyl (C=O) groups is 2. The van der Waals surface area contributed by atoms with Gasteiger partial charge in [-0.25, -0.2) is 0 Å². The molecule has 0 aliphatic carbocycles. The van der Waals surface area contributed by atoms with Crippen molar-refractivity contribution in [1.29, 1.82) is 0 Å². The molecule has 7 nitrogen and oxygen atoms in total. The molecule has 1 N–H and O–H groups in total. The van der Waals surface area contributed by atoms with Gasteiger partial charge < -0.3 is 19.3 Å². The number of carbonyl (C=O) groups excluding carboxylic acids is 2. The Morgan fingerprint density at radius 1 is 0.892 bits per heavy atom. The van der Waals surface area contributed by atoms with Crippen molar-refractivity contribution < 1.29 is 28.9 Å². The number of rotatable bonds is 7. The van der Waals surface area contributed by atoms with Gasteiger partial charge in [-0.1, -0.05) is 37.3 Å². The van der Waals surface area contributed by atoms with Crippen LogP contribution in [0.1, 0.15) is 40.8 Å². The first-order chi connectivity index (χ1) is 17.7. The quantitative estimate of drug-likeness (QED) is 0.261. The molecule has 1 heterocycles. The third-order valence-electron chi connectivity index (χ3n) is 6.64. The van der Waals surface area contributed by atoms with Crippen molar-refractivity contribution >= 4 is 23.1 Å². The summed E-state index contributed by atoms with van der Waals surface area (Å²) in [6.45, 7) is 5.81. The van der Waals surface area contributed by atoms with E-state index in [-0.39, 0.29) is 11.3 Å². The second kappa shape index (κ2) is 10.4. The van der Waals surface area contributed by atoms with Crippen molar-refractivity contribution in [2.45, 2.75) is 33.2 Å². The fourth-order valence-corrected chi connectivity index (χ4v) is 4.83. The number of aliphatic hydroxyl groups is 1. The predicted octanol–water partition coefficient (Wildman–Crippen LogP) is 5.52. The summed E-state index contributed by atoms with van der Waals surface area (Å²) in [4.78, 5) is 28.5. The average molecular weight is 502 g/mol. The van der Waals surface area contributed by atoms with Gasteiger partial charge in [-0.2, -0.15) is 0 Å². The van der Waals surface area contributed by atoms with Crippen LogP contribution in [-0.2, 0) is 16.0 Å². The van der Waals surface area contributed by atoms with Crippen LogP contribution in [0.15, 0.2) is 60.2 Å². The Kier molecular flexibility index (Phi) is 7.25. The SMILES string of the molecule is CCc1ccc(C2/C(=C(\O)c3cc(C)cc(C)c3OC)C(=O)C(=O)N2c2cc(OC)cc(OC)c2)cc1. The molecule has 1 saturated heterocycles. The zero-order valence-electron chi connectivity index (χ0n) is 21.9. The van der Waals surface area contributed by atoms with E-state index in [1.807, 2.05) is 44.2 Å². The molecular formula is C30H31NO6. The van der Waals surface area contributed by atoms with E-state index in [0.29, 0.717) is 34.1 Å². The third kappa shape index (κ3) is 4.65. The van der Waals surface area contributed by atoms with Crippen molar-refractivity contribution in [2.75, 3.05) is 26.2 Å². The minimum Gasteiger partial charge on any atom is -0.507 e. The van der Waals surface area contributed by atoms with E-state index in [1.54, 1.807) is 24.3 Å². The van der Waals surface area contributed by atoms with Gasteiger partial charge in [0, 0.05) is 18.2 Å². The number of amides is 1. The van der Waals surface area contributed by atoms with Crippen LogP contribution in [0.5, 0.6) is 17.2 Å². The number of aliphatic hydroxyl groups excluding tert-OH is 1. The first-order valence-electron chi connectivity index (χ1n) is 12.0. The summed E-state index contributed by atoms with van der Waals surface area (Å²) in [5, 5.41) is 11.6. The van der Waals surface area contributed by atoms with Gasteiger partial charge in [-0.15, -0.1) is 0 Å². The maximum atomic E-state index is 13.6. The zero-order valence-corrected chi connectivity index (χ0v) is 21.9. The molecule has 37 heavy (non-hydrogen) atoms. The lowest BCUT2D eigenvalue weighted by atomic mass is 9.93. The number of nitrogens with zero attached hydrogens (tertiary/aromatic N) is 1. The van der Waals surface area contributed by atoms with Crippen LogP contribution in [0, 0.1) is 13.8 Å². The second-order valence-corrected chi connectivity index (χ2v) is 9.00. The number of methoxy groups -OCH3 is 3. The molecule has 4 rings (SSSR count). The van der Waals surface area contributed by atoms with Gasteiger partial charge in [0.05, 0.1) is 44.2 Å². The van der Waals surface area contributed by atoms with Crippen molar-refractivity contribution in [3.8, 4) is 17.2 Å². The highest BCUT2D eigenvalue weighted by Gasteiger charge is 2.47. The van der Waals surface area contributed by atoms with E-state index < -0.39 is 17.7 Å². The molecule has 1 atom stereocenters. The standard InChI is InChI=1S/C30H31NO6/c1-7-19-8-10-20(11-9-19)26-25(27(32)24-13-17(2)12-18(3)29(24)37-6)28(33)30(34)31(26)21-14-22(35-4)16-23(15-21)36-5/h8-16,26,32H,7H2,1-6H3/b27-25+. The van der Waals surface area contributed by atoms with E-state index in [1.165, 1.54) is 26.2 Å². The Bertz CT molecular complexity index is 1370. The maximum absolute atomic E-state index is 13.6. The van der Waals surface area contributed by atoms with E-state index in [9.17, 15) is 14.7 Å². The molecule has 3 aromatic carbocycles. The Labute approximate surface area is 216 Å². The first kappa shape index (κ1) is 25.8. The van der Waals surface area contributed by atoms with Gasteiger partial charge in [0.15, 0.2) is 0 Å². The Morgan fingerprint density at radius 3 is 2.05 bits per heavy atom. The lowest BCUT2D eigenvalue weighted by molar-refractivity contribution is -0.132. The topological polar surface area (TPSA) is 85.3 Å². The number of ketones is 1. The maximum Gasteiger partial charge on any atom is 0.300 e. The summed E-state index contributed by atoms with van der Waals surface area (Å²) in [5.74, 6) is -0.462. The van der Waals surface area contributed by atoms with Crippen LogP contribution in [0.25, 0.3) is 5.76 Å². The summed E-state index contributed by atoms with van der Waals surface area (Å²) in [5.41, 5.74) is 4.24. The highest BCUT2D eigenvalue weighted by Crippen LogP contribution is 2.45. The molecule has 1 fully saturated rings. The smallest absolute Gasteiger partial charge is 0.300 e. The Balaban J connectivity index is 2.02. The van der Waals surface area contributed by atoms with Crippen molar-refractivity contribution in [1.82, 2.24) is 0 Å². The van der Waals surface area contributed by atoms with Crippen molar-refractivity contribution in [3.63, 3.8) is 0 Å². The predicted molar refractivity (Wildman–Crippen MR) is 143 cm³/mol. The van der Waals surface area contributed by atoms with Gasteiger partial charge in [0.25, 0.3) is 11.7 Å². The van der Waals surface area contributed by atoms with Crippen LogP contribution < -0.4 is 19.1 Å². The van der Waals surface area contributed by atoms with Gasteiger partial charge in [-0.05, 0) is 48.6 Å². The van der Waals surface area contributed by atoms with Crippen LogP contribution in [0.3, 0.4) is 0 Å². The van der Waals surface area contributed by atoms with Crippen LogP contribution in [0.2, 0.25) is 0 Å². The summed E-state index contributed by atoms with van der Waals surface area (Å²) in [6.07, 6.45) is 0.841. The Morgan fingerprint density at radius 2 is 1.51 bits per heavy atom. The molecule has 0 saturated carbocycles. The number of benzene rings is 3. The number of aryl methyl sites for hydroxylation is 3. The number of Topliss-reactive ketones (excluding diaryl/α,β-unsaturated/α-hetero) is 1. The molecule has 0 spiro atoms. The highest BCUT2D eigenvalue weighted by atomic mass is 16.5. The number of ether oxygens (including phenoxy) is 3. The second-order valence-electron chi connectivity index (χ2n) is 9.00. The minimum atomic E-state index is -0.881. The number of hydrogen-bond donors (Lipinski definition) is 1. The van der Waals surface area contributed by atoms with Gasteiger partial charge in [0.2, 0.25) is 0 Å². The first-order valence-corrected chi connectivity index (χ1v) is 12.0. The third-order valence-corrected chi connectivity index (χ3v) is 6.64. The van der Waals surface area contributed by atoms with Crippen LogP contribution in [-0.4, -0.2) is 38.1 Å². The summed E-state index contributed by atoms with van der Waals surface area (Å²) in [6, 6.07) is 15.5. The number of hydrogen-bond acceptors (Lipinski definition) is 6. The molecule has 0 radical (unpaired) electrons. The van der Waals surface area contributed by atoms with Gasteiger partial charge in [0.1, 0.15) is 23.0 Å². The van der Waals surface area contributed by atoms with E-state index in [2.05, 4.69) is 6.92 Å². The van der Waals surface area contributed by atoms with E-state index >= 15 is 0 Å². The molecule has 1 aliphatic heterocycles. The van der Waals surface area contributed by atoms with Crippen LogP contribution >= 0.6 is 0 Å². The van der Waals surface area contributed by atoms with Crippen molar-refractivity contribution in [2.24, 2.45) is 0 Å². The zero-order chi connectivity index (χ0) is 26.9. The molecule has 1 unspecified atom stereocenters. The fraction of sp³-hybridized carbons (Fsp3) is 0.267. The summed E-state index contributed by atoms with van der Waals surface area (Å²) in [7, 11) is 4.54. The van der Waals surface area contributed by atoms with Crippen molar-refractivity contribution in [3.05, 3.63) is 88.0 Å². The molecule has 0 bridgehead atoms. The normalized spacial score (nSPS) is 16.7. The van der Waals surface area contributed by atoms with Gasteiger partial charge in [-0.3, -0.25) is 14.5 Å². The molecule has 7 heteroatoms. The van der Waals surface area contributed by atoms with Gasteiger partial charge >= 0.3 is 0 Å². The van der Waals surface area contributed by atoms with E-state index in [4.69, 9.17) is 14.2 Å². The molecule has 0 aromatic heterocycles. The largest absolute Gasteiger partial charge is 0.507 e. The minimum absolute atomic E-state index is 0.0145. The van der Waals surface area contributed by atoms with Crippen LogP contribution in [0.4, 0.5) is 5.69 Å².